The second-order valence-electron chi connectivity index (χ2n) is 5.13. The minimum atomic E-state index is -0.751. The average Bonchev–Trinajstić information content (AvgIpc) is 2.56. The quantitative estimate of drug-likeness (QED) is 0.729. The Bertz CT molecular complexity index is 272. The molecule has 0 bridgehead atoms. The highest BCUT2D eigenvalue weighted by atomic mass is 16.4. The van der Waals surface area contributed by atoms with Crippen molar-refractivity contribution in [2.75, 3.05) is 32.7 Å². The zero-order valence-corrected chi connectivity index (χ0v) is 10.2. The molecule has 0 amide bonds. The summed E-state index contributed by atoms with van der Waals surface area (Å²) in [6, 6.07) is 0.305. The minimum absolute atomic E-state index is 0.140. The maximum absolute atomic E-state index is 10.7. The van der Waals surface area contributed by atoms with Crippen LogP contribution in [0.5, 0.6) is 0 Å². The van der Waals surface area contributed by atoms with Gasteiger partial charge in [0.1, 0.15) is 0 Å². The third-order valence-electron chi connectivity index (χ3n) is 3.89. The Morgan fingerprint density at radius 3 is 2.59 bits per heavy atom. The van der Waals surface area contributed by atoms with E-state index < -0.39 is 5.97 Å². The lowest BCUT2D eigenvalue weighted by atomic mass is 10.1. The van der Waals surface area contributed by atoms with Gasteiger partial charge in [0.2, 0.25) is 0 Å². The molecule has 5 nitrogen and oxygen atoms in total. The molecule has 1 saturated heterocycles. The van der Waals surface area contributed by atoms with Crippen LogP contribution in [0.25, 0.3) is 0 Å². The highest BCUT2D eigenvalue weighted by molar-refractivity contribution is 5.69. The largest absolute Gasteiger partial charge is 0.480 e. The summed E-state index contributed by atoms with van der Waals surface area (Å²) in [5, 5.41) is 18.7. The third-order valence-corrected chi connectivity index (χ3v) is 3.89. The summed E-state index contributed by atoms with van der Waals surface area (Å²) in [6.45, 7) is 3.66. The Hall–Kier alpha value is -0.650. The van der Waals surface area contributed by atoms with Gasteiger partial charge in [-0.05, 0) is 32.2 Å². The Morgan fingerprint density at radius 2 is 1.94 bits per heavy atom. The first-order valence-electron chi connectivity index (χ1n) is 6.53. The van der Waals surface area contributed by atoms with Crippen molar-refractivity contribution in [1.29, 1.82) is 0 Å². The number of aliphatic carboxylic acids is 1. The van der Waals surface area contributed by atoms with E-state index in [9.17, 15) is 9.90 Å². The average molecular weight is 242 g/mol. The first-order chi connectivity index (χ1) is 8.16. The Kier molecular flexibility index (Phi) is 4.36. The number of hydrogen-bond donors (Lipinski definition) is 2. The molecular weight excluding hydrogens is 220 g/mol. The third kappa shape index (κ3) is 3.40. The highest BCUT2D eigenvalue weighted by Crippen LogP contribution is 2.24. The van der Waals surface area contributed by atoms with Crippen molar-refractivity contribution in [3.8, 4) is 0 Å². The van der Waals surface area contributed by atoms with Gasteiger partial charge in [0.15, 0.2) is 0 Å². The topological polar surface area (TPSA) is 64.0 Å². The van der Waals surface area contributed by atoms with Crippen LogP contribution in [0.1, 0.15) is 25.7 Å². The summed E-state index contributed by atoms with van der Waals surface area (Å²) in [7, 11) is 0. The van der Waals surface area contributed by atoms with Crippen molar-refractivity contribution in [3.63, 3.8) is 0 Å². The van der Waals surface area contributed by atoms with E-state index in [1.165, 1.54) is 0 Å². The second kappa shape index (κ2) is 5.80. The van der Waals surface area contributed by atoms with E-state index in [-0.39, 0.29) is 12.6 Å². The van der Waals surface area contributed by atoms with Gasteiger partial charge < -0.3 is 10.2 Å². The lowest BCUT2D eigenvalue weighted by Gasteiger charge is -2.29. The molecule has 0 spiro atoms. The fourth-order valence-corrected chi connectivity index (χ4v) is 3.02. The summed E-state index contributed by atoms with van der Waals surface area (Å²) in [5.41, 5.74) is 0. The van der Waals surface area contributed by atoms with Crippen molar-refractivity contribution in [2.24, 2.45) is 0 Å². The molecule has 0 aromatic heterocycles. The van der Waals surface area contributed by atoms with Gasteiger partial charge in [-0.25, -0.2) is 0 Å². The number of rotatable bonds is 3. The van der Waals surface area contributed by atoms with Gasteiger partial charge in [0.25, 0.3) is 0 Å². The molecule has 1 aliphatic heterocycles. The molecule has 1 aliphatic carbocycles. The van der Waals surface area contributed by atoms with Crippen LogP contribution in [-0.4, -0.2) is 70.9 Å². The molecule has 2 fully saturated rings. The number of aliphatic hydroxyl groups is 1. The molecular formula is C12H22N2O3. The van der Waals surface area contributed by atoms with E-state index in [1.807, 2.05) is 4.90 Å². The fourth-order valence-electron chi connectivity index (χ4n) is 3.02. The van der Waals surface area contributed by atoms with Gasteiger partial charge in [-0.1, -0.05) is 0 Å². The van der Waals surface area contributed by atoms with Crippen LogP contribution < -0.4 is 0 Å². The SMILES string of the molecule is O=C(O)CN1CCCN(C2CCCC2O)CC1. The predicted molar refractivity (Wildman–Crippen MR) is 63.9 cm³/mol. The monoisotopic (exact) mass is 242 g/mol. The van der Waals surface area contributed by atoms with Crippen LogP contribution in [0, 0.1) is 0 Å². The van der Waals surface area contributed by atoms with E-state index in [0.717, 1.165) is 51.9 Å². The molecule has 2 atom stereocenters. The van der Waals surface area contributed by atoms with Gasteiger partial charge in [-0.3, -0.25) is 14.6 Å². The molecule has 0 aromatic rings. The normalized spacial score (nSPS) is 32.5. The molecule has 0 aromatic carbocycles. The molecule has 1 saturated carbocycles. The first-order valence-corrected chi connectivity index (χ1v) is 6.53. The van der Waals surface area contributed by atoms with Crippen molar-refractivity contribution in [2.45, 2.75) is 37.8 Å². The van der Waals surface area contributed by atoms with Gasteiger partial charge in [-0.15, -0.1) is 0 Å². The molecule has 2 N–H and O–H groups in total. The predicted octanol–water partition coefficient (Wildman–Crippen LogP) is -0.00790. The number of aliphatic hydroxyl groups excluding tert-OH is 1. The summed E-state index contributed by atoms with van der Waals surface area (Å²) in [6.07, 6.45) is 3.93. The fraction of sp³-hybridized carbons (Fsp3) is 0.917. The van der Waals surface area contributed by atoms with Crippen LogP contribution in [0.2, 0.25) is 0 Å². The molecule has 2 rings (SSSR count). The van der Waals surface area contributed by atoms with E-state index in [0.29, 0.717) is 6.04 Å². The van der Waals surface area contributed by atoms with Gasteiger partial charge in [0, 0.05) is 25.7 Å². The number of hydrogen-bond acceptors (Lipinski definition) is 4. The molecule has 98 valence electrons. The highest BCUT2D eigenvalue weighted by Gasteiger charge is 2.31. The molecule has 2 aliphatic rings. The van der Waals surface area contributed by atoms with E-state index >= 15 is 0 Å². The standard InChI is InChI=1S/C12H22N2O3/c15-11-4-1-3-10(11)14-6-2-5-13(7-8-14)9-12(16)17/h10-11,15H,1-9H2,(H,16,17). The lowest BCUT2D eigenvalue weighted by Crippen LogP contribution is -2.42. The Morgan fingerprint density at radius 1 is 1.12 bits per heavy atom. The van der Waals surface area contributed by atoms with Crippen LogP contribution in [0.3, 0.4) is 0 Å². The summed E-state index contributed by atoms with van der Waals surface area (Å²) in [5.74, 6) is -0.751. The molecule has 5 heteroatoms. The van der Waals surface area contributed by atoms with Crippen molar-refractivity contribution in [1.82, 2.24) is 9.80 Å². The van der Waals surface area contributed by atoms with Gasteiger partial charge in [0.05, 0.1) is 12.6 Å². The second-order valence-corrected chi connectivity index (χ2v) is 5.13. The van der Waals surface area contributed by atoms with Crippen LogP contribution in [0.4, 0.5) is 0 Å². The molecule has 2 unspecified atom stereocenters. The van der Waals surface area contributed by atoms with Gasteiger partial charge >= 0.3 is 5.97 Å². The smallest absolute Gasteiger partial charge is 0.317 e. The van der Waals surface area contributed by atoms with Crippen LogP contribution in [-0.2, 0) is 4.79 Å². The van der Waals surface area contributed by atoms with E-state index in [4.69, 9.17) is 5.11 Å². The summed E-state index contributed by atoms with van der Waals surface area (Å²) < 4.78 is 0. The molecule has 1 heterocycles. The molecule has 17 heavy (non-hydrogen) atoms. The van der Waals surface area contributed by atoms with Crippen LogP contribution >= 0.6 is 0 Å². The van der Waals surface area contributed by atoms with Crippen molar-refractivity contribution >= 4 is 5.97 Å². The zero-order valence-electron chi connectivity index (χ0n) is 10.2. The maximum Gasteiger partial charge on any atom is 0.317 e. The number of nitrogens with zero attached hydrogens (tertiary/aromatic N) is 2. The van der Waals surface area contributed by atoms with Crippen molar-refractivity contribution < 1.29 is 15.0 Å². The zero-order chi connectivity index (χ0) is 12.3. The Labute approximate surface area is 102 Å². The van der Waals surface area contributed by atoms with E-state index in [1.54, 1.807) is 0 Å². The minimum Gasteiger partial charge on any atom is -0.480 e. The van der Waals surface area contributed by atoms with Crippen LogP contribution in [0.15, 0.2) is 0 Å². The summed E-state index contributed by atoms with van der Waals surface area (Å²) in [4.78, 5) is 15.0. The van der Waals surface area contributed by atoms with Crippen molar-refractivity contribution in [3.05, 3.63) is 0 Å². The lowest BCUT2D eigenvalue weighted by molar-refractivity contribution is -0.138. The van der Waals surface area contributed by atoms with E-state index in [2.05, 4.69) is 4.90 Å². The maximum atomic E-state index is 10.7. The number of carbonyl (C=O) groups is 1. The van der Waals surface area contributed by atoms with Gasteiger partial charge in [-0.2, -0.15) is 0 Å². The molecule has 0 radical (unpaired) electrons. The number of carboxylic acids is 1. The Balaban J connectivity index is 1.84. The summed E-state index contributed by atoms with van der Waals surface area (Å²) >= 11 is 0. The first kappa shape index (κ1) is 12.8. The number of carboxylic acid groups (broad SMARTS) is 1.